The van der Waals surface area contributed by atoms with Crippen LogP contribution in [0.1, 0.15) is 10.4 Å². The standard InChI is InChI=1S/C7H5NO4.Cu/c9-7(10)5-1-3-6(4-2-5)8(11)12;/h1-4H,(H,9,10);/p-1. The van der Waals surface area contributed by atoms with Gasteiger partial charge < -0.3 is 9.90 Å². The predicted octanol–water partition coefficient (Wildman–Crippen LogP) is -0.0442. The van der Waals surface area contributed by atoms with Crippen LogP contribution >= 0.6 is 0 Å². The molecule has 0 fully saturated rings. The second kappa shape index (κ2) is 4.59. The Morgan fingerprint density at radius 3 is 2.00 bits per heavy atom. The first kappa shape index (κ1) is 11.6. The number of rotatable bonds is 2. The zero-order valence-electron chi connectivity index (χ0n) is 6.19. The summed E-state index contributed by atoms with van der Waals surface area (Å²) in [6, 6.07) is 4.50. The second-order valence-electron chi connectivity index (χ2n) is 2.09. The summed E-state index contributed by atoms with van der Waals surface area (Å²) in [5.74, 6) is -1.34. The zero-order valence-corrected chi connectivity index (χ0v) is 7.13. The van der Waals surface area contributed by atoms with Gasteiger partial charge in [0.1, 0.15) is 0 Å². The molecule has 0 atom stereocenters. The molecule has 0 aliphatic carbocycles. The third-order valence-electron chi connectivity index (χ3n) is 1.31. The average Bonchev–Trinajstić information content (AvgIpc) is 2.04. The molecule has 1 aromatic carbocycles. The molecule has 1 aromatic rings. The van der Waals surface area contributed by atoms with Gasteiger partial charge in [0.2, 0.25) is 0 Å². The first-order valence-corrected chi connectivity index (χ1v) is 3.07. The van der Waals surface area contributed by atoms with Crippen LogP contribution in [-0.2, 0) is 17.1 Å². The van der Waals surface area contributed by atoms with Crippen molar-refractivity contribution in [3.8, 4) is 0 Å². The molecule has 6 heteroatoms. The van der Waals surface area contributed by atoms with Crippen LogP contribution in [0.2, 0.25) is 0 Å². The van der Waals surface area contributed by atoms with E-state index in [-0.39, 0.29) is 28.3 Å². The van der Waals surface area contributed by atoms with Crippen LogP contribution in [0.25, 0.3) is 0 Å². The molecule has 0 aromatic heterocycles. The number of carboxylic acid groups (broad SMARTS) is 1. The fourth-order valence-electron chi connectivity index (χ4n) is 0.719. The maximum atomic E-state index is 10.2. The van der Waals surface area contributed by atoms with Crippen molar-refractivity contribution in [2.45, 2.75) is 0 Å². The van der Waals surface area contributed by atoms with E-state index in [1.54, 1.807) is 0 Å². The van der Waals surface area contributed by atoms with Gasteiger partial charge in [-0.2, -0.15) is 0 Å². The third-order valence-corrected chi connectivity index (χ3v) is 1.31. The molecule has 73 valence electrons. The molecule has 1 rings (SSSR count). The summed E-state index contributed by atoms with van der Waals surface area (Å²) >= 11 is 0. The minimum atomic E-state index is -1.34. The molecule has 1 radical (unpaired) electrons. The van der Waals surface area contributed by atoms with Crippen molar-refractivity contribution in [2.24, 2.45) is 0 Å². The molecule has 13 heavy (non-hydrogen) atoms. The Kier molecular flexibility index (Phi) is 4.10. The Balaban J connectivity index is 0.00000144. The topological polar surface area (TPSA) is 83.3 Å². The van der Waals surface area contributed by atoms with Gasteiger partial charge >= 0.3 is 0 Å². The number of non-ortho nitro benzene ring substituents is 1. The first-order chi connectivity index (χ1) is 5.61. The summed E-state index contributed by atoms with van der Waals surface area (Å²) in [5, 5.41) is 20.3. The summed E-state index contributed by atoms with van der Waals surface area (Å²) in [6.45, 7) is 0. The number of aromatic carboxylic acids is 1. The van der Waals surface area contributed by atoms with Crippen LogP contribution in [0.4, 0.5) is 5.69 Å². The van der Waals surface area contributed by atoms with Crippen molar-refractivity contribution in [3.05, 3.63) is 39.9 Å². The Hall–Kier alpha value is -1.39. The first-order valence-electron chi connectivity index (χ1n) is 3.07. The van der Waals surface area contributed by atoms with Gasteiger partial charge in [0.05, 0.1) is 10.9 Å². The number of hydrogen-bond acceptors (Lipinski definition) is 4. The van der Waals surface area contributed by atoms with Crippen molar-refractivity contribution in [1.29, 1.82) is 0 Å². The van der Waals surface area contributed by atoms with Crippen LogP contribution in [-0.4, -0.2) is 10.9 Å². The van der Waals surface area contributed by atoms with Crippen molar-refractivity contribution in [2.75, 3.05) is 0 Å². The van der Waals surface area contributed by atoms with Crippen LogP contribution < -0.4 is 5.11 Å². The molecule has 0 spiro atoms. The van der Waals surface area contributed by atoms with Gasteiger partial charge in [-0.3, -0.25) is 10.1 Å². The van der Waals surface area contributed by atoms with Gasteiger partial charge in [-0.25, -0.2) is 0 Å². The fourth-order valence-corrected chi connectivity index (χ4v) is 0.719. The van der Waals surface area contributed by atoms with Gasteiger partial charge in [0, 0.05) is 29.2 Å². The van der Waals surface area contributed by atoms with E-state index in [2.05, 4.69) is 0 Å². The number of carbonyl (C=O) groups excluding carboxylic acids is 1. The van der Waals surface area contributed by atoms with Gasteiger partial charge in [0.25, 0.3) is 5.69 Å². The van der Waals surface area contributed by atoms with E-state index in [4.69, 9.17) is 0 Å². The van der Waals surface area contributed by atoms with E-state index in [0.717, 1.165) is 24.3 Å². The molecule has 0 unspecified atom stereocenters. The van der Waals surface area contributed by atoms with Gasteiger partial charge in [-0.1, -0.05) is 0 Å². The van der Waals surface area contributed by atoms with Gasteiger partial charge in [-0.15, -0.1) is 0 Å². The van der Waals surface area contributed by atoms with E-state index < -0.39 is 10.9 Å². The second-order valence-corrected chi connectivity index (χ2v) is 2.09. The number of hydrogen-bond donors (Lipinski definition) is 0. The van der Waals surface area contributed by atoms with Crippen LogP contribution in [0.15, 0.2) is 24.3 Å². The summed E-state index contributed by atoms with van der Waals surface area (Å²) in [4.78, 5) is 19.7. The Morgan fingerprint density at radius 1 is 1.23 bits per heavy atom. The largest absolute Gasteiger partial charge is 0.545 e. The van der Waals surface area contributed by atoms with Crippen molar-refractivity contribution >= 4 is 11.7 Å². The number of carbonyl (C=O) groups is 1. The maximum Gasteiger partial charge on any atom is 0.269 e. The quantitative estimate of drug-likeness (QED) is 0.405. The number of carboxylic acids is 1. The van der Waals surface area contributed by atoms with Crippen LogP contribution in [0.5, 0.6) is 0 Å². The monoisotopic (exact) mass is 229 g/mol. The molecule has 0 bridgehead atoms. The molecular formula is C7H4CuNO4-. The number of nitro benzene ring substituents is 1. The number of nitro groups is 1. The number of nitrogens with zero attached hydrogens (tertiary/aromatic N) is 1. The molecule has 5 nitrogen and oxygen atoms in total. The molecular weight excluding hydrogens is 226 g/mol. The summed E-state index contributed by atoms with van der Waals surface area (Å²) in [7, 11) is 0. The SMILES string of the molecule is O=C([O-])c1ccc([N+](=O)[O-])cc1.[Cu]. The molecule has 0 heterocycles. The van der Waals surface area contributed by atoms with E-state index in [9.17, 15) is 20.0 Å². The molecule has 0 saturated heterocycles. The minimum Gasteiger partial charge on any atom is -0.545 e. The van der Waals surface area contributed by atoms with Crippen LogP contribution in [0, 0.1) is 10.1 Å². The van der Waals surface area contributed by atoms with Crippen molar-refractivity contribution < 1.29 is 31.9 Å². The maximum absolute atomic E-state index is 10.2. The fraction of sp³-hybridized carbons (Fsp3) is 0. The molecule has 0 aliphatic heterocycles. The number of benzene rings is 1. The van der Waals surface area contributed by atoms with Gasteiger partial charge in [-0.05, 0) is 17.7 Å². The van der Waals surface area contributed by atoms with E-state index in [1.807, 2.05) is 0 Å². The predicted molar refractivity (Wildman–Crippen MR) is 37.4 cm³/mol. The van der Waals surface area contributed by atoms with E-state index in [1.165, 1.54) is 0 Å². The van der Waals surface area contributed by atoms with Crippen molar-refractivity contribution in [3.63, 3.8) is 0 Å². The minimum absolute atomic E-state index is 0. The summed E-state index contributed by atoms with van der Waals surface area (Å²) in [5.41, 5.74) is -0.208. The van der Waals surface area contributed by atoms with Crippen molar-refractivity contribution in [1.82, 2.24) is 0 Å². The summed E-state index contributed by atoms with van der Waals surface area (Å²) < 4.78 is 0. The Morgan fingerprint density at radius 2 is 1.69 bits per heavy atom. The van der Waals surface area contributed by atoms with Crippen LogP contribution in [0.3, 0.4) is 0 Å². The molecule has 0 aliphatic rings. The smallest absolute Gasteiger partial charge is 0.269 e. The molecule has 0 saturated carbocycles. The summed E-state index contributed by atoms with van der Waals surface area (Å²) in [6.07, 6.45) is 0. The van der Waals surface area contributed by atoms with E-state index >= 15 is 0 Å². The third kappa shape index (κ3) is 2.85. The zero-order chi connectivity index (χ0) is 9.14. The Bertz CT molecular complexity index is 289. The average molecular weight is 230 g/mol. The Labute approximate surface area is 84.0 Å². The molecule has 0 N–H and O–H groups in total. The molecule has 0 amide bonds. The van der Waals surface area contributed by atoms with E-state index in [0.29, 0.717) is 0 Å². The normalized spacial score (nSPS) is 8.62. The van der Waals surface area contributed by atoms with Gasteiger partial charge in [0.15, 0.2) is 0 Å².